The molecule has 3 unspecified atom stereocenters. The number of esters is 2. The number of nitrogens with one attached hydrogen (secondary N) is 1. The molecule has 2 saturated carbocycles. The molecule has 2 N–H and O–H groups in total. The van der Waals surface area contributed by atoms with E-state index >= 15 is 0 Å². The third kappa shape index (κ3) is 8.90. The van der Waals surface area contributed by atoms with Gasteiger partial charge in [-0.15, -0.1) is 0 Å². The number of hydrogen-bond acceptors (Lipinski definition) is 11. The summed E-state index contributed by atoms with van der Waals surface area (Å²) in [5.41, 5.74) is -0.0846. The number of carbonyl (C=O) groups excluding carboxylic acids is 3. The monoisotopic (exact) mass is 780 g/mol. The number of nitrogens with zero attached hydrogens (tertiary/aromatic N) is 1. The highest BCUT2D eigenvalue weighted by atomic mass is 16.8. The summed E-state index contributed by atoms with van der Waals surface area (Å²) in [4.78, 5) is 48.6. The largest absolute Gasteiger partial charge is 0.460 e. The van der Waals surface area contributed by atoms with Crippen molar-refractivity contribution < 1.29 is 48.0 Å². The summed E-state index contributed by atoms with van der Waals surface area (Å²) in [7, 11) is 0. The average Bonchev–Trinajstić information content (AvgIpc) is 3.70. The first-order chi connectivity index (χ1) is 26.9. The van der Waals surface area contributed by atoms with Crippen molar-refractivity contribution in [1.82, 2.24) is 10.4 Å². The molecule has 10 atom stereocenters. The van der Waals surface area contributed by atoms with Gasteiger partial charge in [0.25, 0.3) is 0 Å². The van der Waals surface area contributed by atoms with Gasteiger partial charge in [0.05, 0.1) is 31.4 Å². The van der Waals surface area contributed by atoms with E-state index in [4.69, 9.17) is 28.5 Å². The normalized spacial score (nSPS) is 33.4. The van der Waals surface area contributed by atoms with Crippen LogP contribution in [0.3, 0.4) is 0 Å². The fourth-order valence-corrected chi connectivity index (χ4v) is 9.74. The van der Waals surface area contributed by atoms with Crippen molar-refractivity contribution in [3.63, 3.8) is 0 Å². The van der Waals surface area contributed by atoms with Gasteiger partial charge < -0.3 is 34.1 Å². The van der Waals surface area contributed by atoms with Gasteiger partial charge in [-0.3, -0.25) is 19.2 Å². The number of rotatable bonds is 18. The van der Waals surface area contributed by atoms with E-state index in [-0.39, 0.29) is 25.8 Å². The predicted molar refractivity (Wildman–Crippen MR) is 207 cm³/mol. The lowest BCUT2D eigenvalue weighted by Crippen LogP contribution is -2.70. The topological polar surface area (TPSA) is 145 Å². The van der Waals surface area contributed by atoms with Gasteiger partial charge in [-0.2, -0.15) is 5.06 Å². The zero-order chi connectivity index (χ0) is 39.7. The van der Waals surface area contributed by atoms with Crippen LogP contribution in [0.15, 0.2) is 30.3 Å². The SMILES string of the molecule is CCCCCC1(CCCCC)O[C@@H]2[C@H](O1)[C@H]1ON(Cc3cccc(C=CC4CCC5OC5C4)c3)[C@@H]3C(=O)O[C@@H]2C[C@]13C(=O)N[C@H](CO)CCC(=O)OC(C)(C)C. The van der Waals surface area contributed by atoms with Crippen molar-refractivity contribution in [3.8, 4) is 0 Å². The van der Waals surface area contributed by atoms with Crippen LogP contribution in [0.4, 0.5) is 0 Å². The highest BCUT2D eigenvalue weighted by Gasteiger charge is 2.76. The van der Waals surface area contributed by atoms with Gasteiger partial charge in [0.15, 0.2) is 11.8 Å². The van der Waals surface area contributed by atoms with E-state index in [9.17, 15) is 19.5 Å². The Bertz CT molecular complexity index is 1580. The Labute approximate surface area is 332 Å². The van der Waals surface area contributed by atoms with Crippen molar-refractivity contribution >= 4 is 23.9 Å². The van der Waals surface area contributed by atoms with Crippen molar-refractivity contribution in [3.05, 3.63) is 41.5 Å². The molecule has 0 radical (unpaired) electrons. The molecule has 2 bridgehead atoms. The number of ether oxygens (including phenoxy) is 5. The van der Waals surface area contributed by atoms with Gasteiger partial charge >= 0.3 is 11.9 Å². The first-order valence-corrected chi connectivity index (χ1v) is 21.4. The molecule has 7 rings (SSSR count). The van der Waals surface area contributed by atoms with Gasteiger partial charge in [-0.25, -0.2) is 0 Å². The molecule has 12 heteroatoms. The van der Waals surface area contributed by atoms with Crippen LogP contribution in [0.25, 0.3) is 6.08 Å². The van der Waals surface area contributed by atoms with Crippen LogP contribution in [0, 0.1) is 11.3 Å². The van der Waals surface area contributed by atoms with E-state index in [0.717, 1.165) is 68.9 Å². The number of fused-ring (bicyclic) bond motifs is 5. The molecule has 1 amide bonds. The fourth-order valence-electron chi connectivity index (χ4n) is 9.74. The number of aliphatic hydroxyl groups excluding tert-OH is 1. The van der Waals surface area contributed by atoms with Gasteiger partial charge in [0.2, 0.25) is 5.91 Å². The van der Waals surface area contributed by atoms with Crippen molar-refractivity contribution in [1.29, 1.82) is 0 Å². The molecule has 12 nitrogen and oxygen atoms in total. The van der Waals surface area contributed by atoms with Crippen LogP contribution < -0.4 is 5.32 Å². The summed E-state index contributed by atoms with van der Waals surface area (Å²) in [6, 6.07) is 6.33. The van der Waals surface area contributed by atoms with Crippen molar-refractivity contribution in [2.45, 2.75) is 191 Å². The molecule has 6 aliphatic rings. The Morgan fingerprint density at radius 2 is 1.79 bits per heavy atom. The van der Waals surface area contributed by atoms with Crippen LogP contribution in [0.5, 0.6) is 0 Å². The van der Waals surface area contributed by atoms with Crippen LogP contribution in [0.2, 0.25) is 0 Å². The summed E-state index contributed by atoms with van der Waals surface area (Å²) in [6.45, 7) is 9.56. The smallest absolute Gasteiger partial charge is 0.327 e. The molecule has 4 saturated heterocycles. The minimum Gasteiger partial charge on any atom is -0.460 e. The Kier molecular flexibility index (Phi) is 12.7. The molecule has 56 heavy (non-hydrogen) atoms. The summed E-state index contributed by atoms with van der Waals surface area (Å²) in [5.74, 6) is -1.78. The zero-order valence-electron chi connectivity index (χ0n) is 34.0. The number of carbonyl (C=O) groups is 3. The average molecular weight is 781 g/mol. The lowest BCUT2D eigenvalue weighted by atomic mass is 9.62. The number of unbranched alkanes of at least 4 members (excludes halogenated alkanes) is 4. The molecule has 1 aromatic carbocycles. The molecule has 4 heterocycles. The van der Waals surface area contributed by atoms with Gasteiger partial charge in [-0.1, -0.05) is 75.9 Å². The Morgan fingerprint density at radius 3 is 2.48 bits per heavy atom. The maximum Gasteiger partial charge on any atom is 0.327 e. The maximum atomic E-state index is 14.9. The quantitative estimate of drug-likeness (QED) is 0.0983. The summed E-state index contributed by atoms with van der Waals surface area (Å²) in [5, 5.41) is 15.1. The van der Waals surface area contributed by atoms with Crippen LogP contribution in [-0.2, 0) is 49.5 Å². The summed E-state index contributed by atoms with van der Waals surface area (Å²) < 4.78 is 31.3. The predicted octanol–water partition coefficient (Wildman–Crippen LogP) is 6.31. The first kappa shape index (κ1) is 41.3. The molecule has 4 aliphatic heterocycles. The highest BCUT2D eigenvalue weighted by Crippen LogP contribution is 2.58. The maximum absolute atomic E-state index is 14.9. The second-order valence-electron chi connectivity index (χ2n) is 18.1. The standard InChI is InChI=1S/C44H64N2O10/c1-6-8-10-21-43(22-11-9-7-2)54-36-34-25-44(41(50)45-31(27-47)18-20-35(48)53-42(3,4)5)38(40(49)52-34)46(56-39(44)37(36)55-43)26-30-14-12-13-28(23-30)15-16-29-17-19-32-33(24-29)51-32/h12-16,23,29,31-34,36-39,47H,6-11,17-22,24-27H2,1-5H3,(H,45,50)/t29?,31-,32?,33?,34+,36-,37-,38+,39+,44+/m0/s1. The van der Waals surface area contributed by atoms with E-state index in [0.29, 0.717) is 31.0 Å². The molecule has 2 aliphatic carbocycles. The Hall–Kier alpha value is -2.87. The van der Waals surface area contributed by atoms with E-state index in [1.165, 1.54) is 0 Å². The highest BCUT2D eigenvalue weighted by molar-refractivity contribution is 5.93. The minimum absolute atomic E-state index is 0.00995. The van der Waals surface area contributed by atoms with Crippen molar-refractivity contribution in [2.24, 2.45) is 11.3 Å². The van der Waals surface area contributed by atoms with E-state index < -0.39 is 77.8 Å². The number of aliphatic hydroxyl groups is 1. The third-order valence-electron chi connectivity index (χ3n) is 12.6. The molecule has 0 spiro atoms. The first-order valence-electron chi connectivity index (χ1n) is 21.4. The Balaban J connectivity index is 1.16. The van der Waals surface area contributed by atoms with E-state index in [1.54, 1.807) is 25.8 Å². The molecular formula is C44H64N2O10. The summed E-state index contributed by atoms with van der Waals surface area (Å²) in [6.07, 6.45) is 13.5. The van der Waals surface area contributed by atoms with Crippen LogP contribution in [0.1, 0.15) is 136 Å². The van der Waals surface area contributed by atoms with Gasteiger partial charge in [0.1, 0.15) is 35.4 Å². The van der Waals surface area contributed by atoms with Crippen LogP contribution in [-0.4, -0.2) is 94.7 Å². The number of allylic oxidation sites excluding steroid dienone is 1. The minimum atomic E-state index is -1.39. The lowest BCUT2D eigenvalue weighted by molar-refractivity contribution is -0.224. The molecule has 0 aromatic heterocycles. The van der Waals surface area contributed by atoms with Gasteiger partial charge in [0, 0.05) is 25.7 Å². The number of hydrogen-bond donors (Lipinski definition) is 2. The molecule has 310 valence electrons. The number of epoxide rings is 1. The Morgan fingerprint density at radius 1 is 1.04 bits per heavy atom. The number of hydroxylamine groups is 2. The van der Waals surface area contributed by atoms with Crippen LogP contribution >= 0.6 is 0 Å². The van der Waals surface area contributed by atoms with Gasteiger partial charge in [-0.05, 0) is 76.3 Å². The third-order valence-corrected chi connectivity index (χ3v) is 12.6. The fraction of sp³-hybridized carbons (Fsp3) is 0.750. The second kappa shape index (κ2) is 17.2. The number of benzene rings is 1. The molecular weight excluding hydrogens is 716 g/mol. The number of amides is 1. The van der Waals surface area contributed by atoms with E-state index in [1.807, 2.05) is 12.1 Å². The molecule has 6 fully saturated rings. The second-order valence-corrected chi connectivity index (χ2v) is 18.1. The van der Waals surface area contributed by atoms with Crippen molar-refractivity contribution in [2.75, 3.05) is 6.61 Å². The summed E-state index contributed by atoms with van der Waals surface area (Å²) >= 11 is 0. The lowest BCUT2D eigenvalue weighted by Gasteiger charge is -2.49. The van der Waals surface area contributed by atoms with E-state index in [2.05, 4.69) is 43.4 Å². The zero-order valence-corrected chi connectivity index (χ0v) is 34.0. The molecule has 1 aromatic rings.